The zero-order valence-electron chi connectivity index (χ0n) is 8.54. The molecule has 6 heteroatoms. The molecule has 3 N–H and O–H groups in total. The molecule has 3 nitrogen and oxygen atoms in total. The van der Waals surface area contributed by atoms with Gasteiger partial charge in [-0.3, -0.25) is 4.79 Å². The average molecular weight is 332 g/mol. The molecule has 0 radical (unpaired) electrons. The Hall–Kier alpha value is -1.04. The third-order valence-electron chi connectivity index (χ3n) is 2.08. The van der Waals surface area contributed by atoms with Crippen molar-refractivity contribution < 1.29 is 4.79 Å². The number of amides is 1. The minimum Gasteiger partial charge on any atom is -0.397 e. The number of benzene rings is 1. The lowest BCUT2D eigenvalue weighted by molar-refractivity contribution is 0.103. The number of nitrogens with two attached hydrogens (primary N) is 1. The number of hydrogen-bond donors (Lipinski definition) is 2. The summed E-state index contributed by atoms with van der Waals surface area (Å²) in [6.07, 6.45) is 0. The monoisotopic (exact) mass is 330 g/mol. The lowest BCUT2D eigenvalue weighted by Gasteiger charge is -2.05. The molecule has 0 aliphatic carbocycles. The van der Waals surface area contributed by atoms with Gasteiger partial charge in [0.1, 0.15) is 4.88 Å². The van der Waals surface area contributed by atoms with Gasteiger partial charge in [0.25, 0.3) is 5.91 Å². The molecule has 17 heavy (non-hydrogen) atoms. The predicted molar refractivity (Wildman–Crippen MR) is 75.8 cm³/mol. The molecule has 0 fully saturated rings. The highest BCUT2D eigenvalue weighted by molar-refractivity contribution is 9.10. The first-order chi connectivity index (χ1) is 8.08. The summed E-state index contributed by atoms with van der Waals surface area (Å²) in [6.45, 7) is 0. The van der Waals surface area contributed by atoms with Crippen LogP contribution in [-0.2, 0) is 0 Å². The number of nitrogen functional groups attached to an aromatic ring is 1. The second kappa shape index (κ2) is 5.08. The normalized spacial score (nSPS) is 10.2. The van der Waals surface area contributed by atoms with Crippen LogP contribution in [0.2, 0.25) is 5.02 Å². The highest BCUT2D eigenvalue weighted by Gasteiger charge is 2.11. The van der Waals surface area contributed by atoms with Gasteiger partial charge in [0, 0.05) is 10.2 Å². The highest BCUT2D eigenvalue weighted by atomic mass is 79.9. The van der Waals surface area contributed by atoms with Crippen LogP contribution in [0.4, 0.5) is 11.4 Å². The average Bonchev–Trinajstić information content (AvgIpc) is 2.70. The Morgan fingerprint density at radius 1 is 1.41 bits per heavy atom. The smallest absolute Gasteiger partial charge is 0.267 e. The summed E-state index contributed by atoms with van der Waals surface area (Å²) in [5.41, 5.74) is 6.78. The molecule has 0 saturated heterocycles. The predicted octanol–water partition coefficient (Wildman–Crippen LogP) is 4.00. The number of carbonyl (C=O) groups is 1. The third kappa shape index (κ3) is 2.80. The molecule has 0 aliphatic rings. The summed E-state index contributed by atoms with van der Waals surface area (Å²) < 4.78 is 0.785. The van der Waals surface area contributed by atoms with Crippen LogP contribution in [0, 0.1) is 0 Å². The number of carbonyl (C=O) groups excluding carboxylic acids is 1. The minimum atomic E-state index is -0.226. The standard InChI is InChI=1S/C11H8BrClN2OS/c12-7-2-1-6(5-8(7)13)15-11(16)10-9(14)3-4-17-10/h1-5H,14H2,(H,15,16). The quantitative estimate of drug-likeness (QED) is 0.874. The SMILES string of the molecule is Nc1ccsc1C(=O)Nc1ccc(Br)c(Cl)c1. The Morgan fingerprint density at radius 2 is 2.18 bits per heavy atom. The van der Waals surface area contributed by atoms with Gasteiger partial charge in [-0.2, -0.15) is 0 Å². The van der Waals surface area contributed by atoms with Crippen molar-refractivity contribution >= 4 is 56.1 Å². The third-order valence-corrected chi connectivity index (χ3v) is 4.24. The summed E-state index contributed by atoms with van der Waals surface area (Å²) >= 11 is 10.5. The number of rotatable bonds is 2. The van der Waals surface area contributed by atoms with Gasteiger partial charge in [0.2, 0.25) is 0 Å². The Bertz CT molecular complexity index is 570. The summed E-state index contributed by atoms with van der Waals surface area (Å²) in [5.74, 6) is -0.226. The number of thiophene rings is 1. The number of anilines is 2. The zero-order chi connectivity index (χ0) is 12.4. The van der Waals surface area contributed by atoms with Crippen LogP contribution >= 0.6 is 38.9 Å². The molecule has 0 aliphatic heterocycles. The van der Waals surface area contributed by atoms with Crippen LogP contribution in [0.25, 0.3) is 0 Å². The van der Waals surface area contributed by atoms with Crippen molar-refractivity contribution in [2.75, 3.05) is 11.1 Å². The van der Waals surface area contributed by atoms with Crippen molar-refractivity contribution in [3.05, 3.63) is 44.0 Å². The fourth-order valence-corrected chi connectivity index (χ4v) is 2.41. The van der Waals surface area contributed by atoms with Crippen LogP contribution in [0.5, 0.6) is 0 Å². The van der Waals surface area contributed by atoms with Gasteiger partial charge in [-0.25, -0.2) is 0 Å². The summed E-state index contributed by atoms with van der Waals surface area (Å²) in [5, 5.41) is 5.06. The molecule has 0 spiro atoms. The van der Waals surface area contributed by atoms with Gasteiger partial charge in [0.05, 0.1) is 10.7 Å². The van der Waals surface area contributed by atoms with E-state index in [2.05, 4.69) is 21.2 Å². The molecule has 0 atom stereocenters. The molecule has 0 saturated carbocycles. The number of nitrogens with one attached hydrogen (secondary N) is 1. The molecule has 1 amide bonds. The van der Waals surface area contributed by atoms with Crippen LogP contribution in [-0.4, -0.2) is 5.91 Å². The van der Waals surface area contributed by atoms with E-state index in [4.69, 9.17) is 17.3 Å². The summed E-state index contributed by atoms with van der Waals surface area (Å²) in [6, 6.07) is 6.91. The molecule has 2 rings (SSSR count). The zero-order valence-corrected chi connectivity index (χ0v) is 11.7. The summed E-state index contributed by atoms with van der Waals surface area (Å²) in [4.78, 5) is 12.4. The molecular weight excluding hydrogens is 324 g/mol. The van der Waals surface area contributed by atoms with Gasteiger partial charge in [0.15, 0.2) is 0 Å². The molecule has 88 valence electrons. The molecule has 0 bridgehead atoms. The van der Waals surface area contributed by atoms with E-state index in [1.165, 1.54) is 11.3 Å². The molecule has 1 aromatic carbocycles. The highest BCUT2D eigenvalue weighted by Crippen LogP contribution is 2.26. The van der Waals surface area contributed by atoms with Gasteiger partial charge in [-0.15, -0.1) is 11.3 Å². The Balaban J connectivity index is 2.19. The van der Waals surface area contributed by atoms with E-state index >= 15 is 0 Å². The maximum absolute atomic E-state index is 11.9. The topological polar surface area (TPSA) is 55.1 Å². The fourth-order valence-electron chi connectivity index (χ4n) is 1.27. The van der Waals surface area contributed by atoms with Crippen molar-refractivity contribution in [3.63, 3.8) is 0 Å². The summed E-state index contributed by atoms with van der Waals surface area (Å²) in [7, 11) is 0. The van der Waals surface area contributed by atoms with Gasteiger partial charge in [-0.05, 0) is 45.6 Å². The Morgan fingerprint density at radius 3 is 2.76 bits per heavy atom. The van der Waals surface area contributed by atoms with Gasteiger partial charge >= 0.3 is 0 Å². The van der Waals surface area contributed by atoms with Gasteiger partial charge in [-0.1, -0.05) is 11.6 Å². The molecular formula is C11H8BrClN2OS. The van der Waals surface area contributed by atoms with E-state index in [1.54, 1.807) is 29.6 Å². The van der Waals surface area contributed by atoms with Crippen LogP contribution in [0.3, 0.4) is 0 Å². The van der Waals surface area contributed by atoms with Crippen LogP contribution in [0.1, 0.15) is 9.67 Å². The largest absolute Gasteiger partial charge is 0.397 e. The van der Waals surface area contributed by atoms with Crippen LogP contribution in [0.15, 0.2) is 34.1 Å². The van der Waals surface area contributed by atoms with E-state index in [0.717, 1.165) is 4.47 Å². The first-order valence-corrected chi connectivity index (χ1v) is 6.72. The van der Waals surface area contributed by atoms with Crippen molar-refractivity contribution in [2.24, 2.45) is 0 Å². The maximum atomic E-state index is 11.9. The lowest BCUT2D eigenvalue weighted by atomic mass is 10.3. The maximum Gasteiger partial charge on any atom is 0.267 e. The first kappa shape index (κ1) is 12.4. The van der Waals surface area contributed by atoms with E-state index in [0.29, 0.717) is 21.3 Å². The minimum absolute atomic E-state index is 0.226. The van der Waals surface area contributed by atoms with Gasteiger partial charge < -0.3 is 11.1 Å². The van der Waals surface area contributed by atoms with Crippen LogP contribution < -0.4 is 11.1 Å². The van der Waals surface area contributed by atoms with E-state index < -0.39 is 0 Å². The van der Waals surface area contributed by atoms with Crippen molar-refractivity contribution in [3.8, 4) is 0 Å². The van der Waals surface area contributed by atoms with Crippen molar-refractivity contribution in [1.82, 2.24) is 0 Å². The number of halogens is 2. The second-order valence-corrected chi connectivity index (χ2v) is 5.47. The van der Waals surface area contributed by atoms with Crippen molar-refractivity contribution in [2.45, 2.75) is 0 Å². The molecule has 1 heterocycles. The van der Waals surface area contributed by atoms with E-state index in [9.17, 15) is 4.79 Å². The molecule has 1 aromatic heterocycles. The number of hydrogen-bond acceptors (Lipinski definition) is 3. The lowest BCUT2D eigenvalue weighted by Crippen LogP contribution is -2.11. The fraction of sp³-hybridized carbons (Fsp3) is 0. The van der Waals surface area contributed by atoms with Crippen molar-refractivity contribution in [1.29, 1.82) is 0 Å². The Labute approximate surface area is 116 Å². The van der Waals surface area contributed by atoms with E-state index in [1.807, 2.05) is 0 Å². The molecule has 0 unspecified atom stereocenters. The second-order valence-electron chi connectivity index (χ2n) is 3.29. The Kier molecular flexibility index (Phi) is 3.71. The molecule has 2 aromatic rings. The van der Waals surface area contributed by atoms with E-state index in [-0.39, 0.29) is 5.91 Å². The first-order valence-electron chi connectivity index (χ1n) is 4.67.